The van der Waals surface area contributed by atoms with Gasteiger partial charge in [0.15, 0.2) is 0 Å². The molecule has 4 nitrogen and oxygen atoms in total. The van der Waals surface area contributed by atoms with Crippen molar-refractivity contribution in [3.8, 4) is 0 Å². The van der Waals surface area contributed by atoms with Crippen molar-refractivity contribution in [2.45, 2.75) is 26.3 Å². The summed E-state index contributed by atoms with van der Waals surface area (Å²) in [6, 6.07) is 3.75. The fraction of sp³-hybridized carbons (Fsp3) is 0.333. The van der Waals surface area contributed by atoms with Gasteiger partial charge in [0, 0.05) is 18.4 Å². The zero-order chi connectivity index (χ0) is 12.4. The van der Waals surface area contributed by atoms with Crippen LogP contribution in [0.2, 0.25) is 5.02 Å². The molecule has 2 rings (SSSR count). The molecule has 17 heavy (non-hydrogen) atoms. The first kappa shape index (κ1) is 11.9. The van der Waals surface area contributed by atoms with E-state index in [-0.39, 0.29) is 18.4 Å². The smallest absolute Gasteiger partial charge is 0.226 e. The molecule has 0 atom stereocenters. The zero-order valence-corrected chi connectivity index (χ0v) is 10.5. The summed E-state index contributed by atoms with van der Waals surface area (Å²) in [5.74, 6) is -0.0190. The molecule has 0 aliphatic heterocycles. The van der Waals surface area contributed by atoms with Crippen LogP contribution in [-0.4, -0.2) is 21.3 Å². The van der Waals surface area contributed by atoms with Crippen LogP contribution >= 0.6 is 11.6 Å². The highest BCUT2D eigenvalue weighted by molar-refractivity contribution is 6.30. The molecule has 1 N–H and O–H groups in total. The van der Waals surface area contributed by atoms with Crippen LogP contribution in [-0.2, 0) is 11.2 Å². The van der Waals surface area contributed by atoms with Crippen molar-refractivity contribution >= 4 is 23.2 Å². The summed E-state index contributed by atoms with van der Waals surface area (Å²) >= 11 is 5.87. The molecule has 0 unspecified atom stereocenters. The normalized spacial score (nSPS) is 11.1. The highest BCUT2D eigenvalue weighted by atomic mass is 35.5. The fourth-order valence-corrected chi connectivity index (χ4v) is 1.81. The first-order valence-corrected chi connectivity index (χ1v) is 5.85. The van der Waals surface area contributed by atoms with E-state index in [1.165, 1.54) is 0 Å². The second-order valence-electron chi connectivity index (χ2n) is 4.24. The summed E-state index contributed by atoms with van der Waals surface area (Å²) in [6.07, 6.45) is 3.88. The van der Waals surface area contributed by atoms with Crippen LogP contribution in [0.3, 0.4) is 0 Å². The lowest BCUT2D eigenvalue weighted by atomic mass is 10.3. The van der Waals surface area contributed by atoms with Crippen molar-refractivity contribution in [3.05, 3.63) is 35.2 Å². The van der Waals surface area contributed by atoms with Crippen molar-refractivity contribution in [2.24, 2.45) is 0 Å². The molecule has 90 valence electrons. The van der Waals surface area contributed by atoms with Gasteiger partial charge in [-0.05, 0) is 26.0 Å². The Morgan fingerprint density at radius 3 is 2.94 bits per heavy atom. The number of nitrogens with zero attached hydrogens (tertiary/aromatic N) is 2. The number of rotatable bonds is 3. The van der Waals surface area contributed by atoms with Gasteiger partial charge in [-0.3, -0.25) is 4.79 Å². The minimum absolute atomic E-state index is 0.0190. The second kappa shape index (κ2) is 4.75. The summed E-state index contributed by atoms with van der Waals surface area (Å²) in [6.45, 7) is 3.86. The van der Waals surface area contributed by atoms with E-state index in [1.807, 2.05) is 30.5 Å². The van der Waals surface area contributed by atoms with Gasteiger partial charge in [-0.25, -0.2) is 4.98 Å². The number of fused-ring (bicyclic) bond motifs is 1. The highest BCUT2D eigenvalue weighted by Crippen LogP contribution is 2.11. The van der Waals surface area contributed by atoms with Crippen LogP contribution in [0.15, 0.2) is 24.5 Å². The molecular formula is C12H14ClN3O. The standard InChI is InChI=1S/C12H14ClN3O/c1-8(2)14-12(17)5-10-7-16-6-9(13)3-4-11(16)15-10/h3-4,6-8H,5H2,1-2H3,(H,14,17). The van der Waals surface area contributed by atoms with Gasteiger partial charge in [-0.1, -0.05) is 11.6 Å². The van der Waals surface area contributed by atoms with E-state index in [0.717, 1.165) is 11.3 Å². The predicted octanol–water partition coefficient (Wildman–Crippen LogP) is 2.05. The quantitative estimate of drug-likeness (QED) is 0.908. The Balaban J connectivity index is 2.17. The number of carbonyl (C=O) groups is 1. The molecule has 0 aliphatic carbocycles. The second-order valence-corrected chi connectivity index (χ2v) is 4.68. The number of carbonyl (C=O) groups excluding carboxylic acids is 1. The van der Waals surface area contributed by atoms with E-state index in [2.05, 4.69) is 10.3 Å². The predicted molar refractivity (Wildman–Crippen MR) is 67.2 cm³/mol. The molecule has 0 fully saturated rings. The Kier molecular flexibility index (Phi) is 3.33. The molecule has 2 heterocycles. The Morgan fingerprint density at radius 1 is 1.47 bits per heavy atom. The Morgan fingerprint density at radius 2 is 2.24 bits per heavy atom. The first-order valence-electron chi connectivity index (χ1n) is 5.47. The van der Waals surface area contributed by atoms with Gasteiger partial charge < -0.3 is 9.72 Å². The number of amides is 1. The molecular weight excluding hydrogens is 238 g/mol. The van der Waals surface area contributed by atoms with Gasteiger partial charge in [0.2, 0.25) is 5.91 Å². The van der Waals surface area contributed by atoms with Crippen molar-refractivity contribution in [3.63, 3.8) is 0 Å². The minimum Gasteiger partial charge on any atom is -0.354 e. The molecule has 0 bridgehead atoms. The van der Waals surface area contributed by atoms with Crippen molar-refractivity contribution < 1.29 is 4.79 Å². The number of aromatic nitrogens is 2. The number of pyridine rings is 1. The van der Waals surface area contributed by atoms with Crippen LogP contribution in [0.5, 0.6) is 0 Å². The lowest BCUT2D eigenvalue weighted by Crippen LogP contribution is -2.31. The van der Waals surface area contributed by atoms with Gasteiger partial charge in [0.25, 0.3) is 0 Å². The molecule has 0 saturated heterocycles. The number of hydrogen-bond donors (Lipinski definition) is 1. The van der Waals surface area contributed by atoms with Gasteiger partial charge in [0.05, 0.1) is 17.1 Å². The van der Waals surface area contributed by atoms with Gasteiger partial charge in [-0.15, -0.1) is 0 Å². The lowest BCUT2D eigenvalue weighted by Gasteiger charge is -2.06. The van der Waals surface area contributed by atoms with Crippen LogP contribution in [0.4, 0.5) is 0 Å². The van der Waals surface area contributed by atoms with E-state index >= 15 is 0 Å². The van der Waals surface area contributed by atoms with Crippen LogP contribution < -0.4 is 5.32 Å². The molecule has 0 aliphatic rings. The summed E-state index contributed by atoms with van der Waals surface area (Å²) in [4.78, 5) is 15.9. The monoisotopic (exact) mass is 251 g/mol. The summed E-state index contributed by atoms with van der Waals surface area (Å²) in [5.41, 5.74) is 1.53. The molecule has 2 aromatic heterocycles. The summed E-state index contributed by atoms with van der Waals surface area (Å²) in [5, 5.41) is 3.48. The van der Waals surface area contributed by atoms with E-state index in [0.29, 0.717) is 5.02 Å². The average molecular weight is 252 g/mol. The summed E-state index contributed by atoms with van der Waals surface area (Å²) < 4.78 is 1.82. The van der Waals surface area contributed by atoms with E-state index < -0.39 is 0 Å². The highest BCUT2D eigenvalue weighted by Gasteiger charge is 2.08. The van der Waals surface area contributed by atoms with Crippen molar-refractivity contribution in [2.75, 3.05) is 0 Å². The average Bonchev–Trinajstić information content (AvgIpc) is 2.57. The lowest BCUT2D eigenvalue weighted by molar-refractivity contribution is -0.120. The Hall–Kier alpha value is -1.55. The van der Waals surface area contributed by atoms with Gasteiger partial charge in [0.1, 0.15) is 5.65 Å². The molecule has 0 saturated carbocycles. The molecule has 1 amide bonds. The maximum absolute atomic E-state index is 11.6. The third-order valence-corrected chi connectivity index (χ3v) is 2.48. The molecule has 5 heteroatoms. The maximum atomic E-state index is 11.6. The molecule has 2 aromatic rings. The van der Waals surface area contributed by atoms with E-state index in [4.69, 9.17) is 11.6 Å². The summed E-state index contributed by atoms with van der Waals surface area (Å²) in [7, 11) is 0. The van der Waals surface area contributed by atoms with E-state index in [9.17, 15) is 4.79 Å². The van der Waals surface area contributed by atoms with Crippen LogP contribution in [0.25, 0.3) is 5.65 Å². The van der Waals surface area contributed by atoms with Crippen molar-refractivity contribution in [1.29, 1.82) is 0 Å². The largest absolute Gasteiger partial charge is 0.354 e. The van der Waals surface area contributed by atoms with Gasteiger partial charge >= 0.3 is 0 Å². The third-order valence-electron chi connectivity index (χ3n) is 2.26. The molecule has 0 spiro atoms. The third kappa shape index (κ3) is 2.97. The Labute approximate surface area is 105 Å². The van der Waals surface area contributed by atoms with Gasteiger partial charge in [-0.2, -0.15) is 0 Å². The minimum atomic E-state index is -0.0190. The number of hydrogen-bond acceptors (Lipinski definition) is 2. The Bertz CT molecular complexity index is 548. The molecule has 0 radical (unpaired) electrons. The number of imidazole rings is 1. The topological polar surface area (TPSA) is 46.4 Å². The fourth-order valence-electron chi connectivity index (χ4n) is 1.64. The first-order chi connectivity index (χ1) is 8.04. The zero-order valence-electron chi connectivity index (χ0n) is 9.77. The molecule has 0 aromatic carbocycles. The van der Waals surface area contributed by atoms with Crippen molar-refractivity contribution in [1.82, 2.24) is 14.7 Å². The SMILES string of the molecule is CC(C)NC(=O)Cc1cn2cc(Cl)ccc2n1. The number of nitrogens with one attached hydrogen (secondary N) is 1. The maximum Gasteiger partial charge on any atom is 0.226 e. The van der Waals surface area contributed by atoms with E-state index in [1.54, 1.807) is 12.3 Å². The van der Waals surface area contributed by atoms with Crippen LogP contribution in [0, 0.1) is 0 Å². The van der Waals surface area contributed by atoms with Crippen LogP contribution in [0.1, 0.15) is 19.5 Å². The number of halogens is 1.